The first-order valence-corrected chi connectivity index (χ1v) is 6.15. The lowest BCUT2D eigenvalue weighted by Crippen LogP contribution is -2.23. The Labute approximate surface area is 105 Å². The molecule has 88 valence electrons. The average molecular weight is 261 g/mol. The van der Waals surface area contributed by atoms with Crippen molar-refractivity contribution in [1.29, 1.82) is 0 Å². The third-order valence-corrected chi connectivity index (χ3v) is 3.50. The highest BCUT2D eigenvalue weighted by atomic mass is 35.5. The Morgan fingerprint density at radius 1 is 1.38 bits per heavy atom. The molecule has 1 N–H and O–H groups in total. The van der Waals surface area contributed by atoms with Gasteiger partial charge in [0.05, 0.1) is 12.7 Å². The van der Waals surface area contributed by atoms with E-state index in [1.54, 1.807) is 18.2 Å². The number of hydrogen-bond acceptors (Lipinski definition) is 2. The van der Waals surface area contributed by atoms with Crippen LogP contribution in [-0.4, -0.2) is 18.3 Å². The number of rotatable bonds is 2. The Hall–Kier alpha value is -0.280. The molecule has 0 spiro atoms. The van der Waals surface area contributed by atoms with E-state index in [-0.39, 0.29) is 5.92 Å². The van der Waals surface area contributed by atoms with E-state index in [1.807, 2.05) is 0 Å². The highest BCUT2D eigenvalue weighted by Gasteiger charge is 2.25. The van der Waals surface area contributed by atoms with E-state index >= 15 is 0 Å². The molecule has 1 heterocycles. The second-order valence-corrected chi connectivity index (χ2v) is 4.93. The molecule has 2 atom stereocenters. The fraction of sp³-hybridized carbons (Fsp3) is 0.500. The molecule has 2 nitrogen and oxygen atoms in total. The predicted octanol–water partition coefficient (Wildman–Crippen LogP) is 3.45. The smallest absolute Gasteiger partial charge is 0.0855 e. The first kappa shape index (κ1) is 12.2. The van der Waals surface area contributed by atoms with Crippen molar-refractivity contribution < 1.29 is 9.84 Å². The number of halogens is 2. The molecule has 1 aliphatic heterocycles. The van der Waals surface area contributed by atoms with Gasteiger partial charge in [-0.15, -0.1) is 0 Å². The molecule has 0 radical (unpaired) electrons. The van der Waals surface area contributed by atoms with Crippen molar-refractivity contribution in [3.8, 4) is 0 Å². The molecular formula is C12H14Cl2O2. The lowest BCUT2D eigenvalue weighted by atomic mass is 9.91. The van der Waals surface area contributed by atoms with Crippen LogP contribution in [0.3, 0.4) is 0 Å². The maximum Gasteiger partial charge on any atom is 0.0855 e. The predicted molar refractivity (Wildman–Crippen MR) is 65.0 cm³/mol. The molecule has 1 saturated heterocycles. The third-order valence-electron chi connectivity index (χ3n) is 2.92. The van der Waals surface area contributed by atoms with Gasteiger partial charge in [0, 0.05) is 28.1 Å². The van der Waals surface area contributed by atoms with Crippen LogP contribution in [0.4, 0.5) is 0 Å². The van der Waals surface area contributed by atoms with Crippen LogP contribution in [0, 0.1) is 5.92 Å². The normalized spacial score (nSPS) is 23.1. The molecule has 0 aromatic heterocycles. The molecule has 0 aliphatic carbocycles. The Kier molecular flexibility index (Phi) is 4.09. The van der Waals surface area contributed by atoms with Crippen LogP contribution in [0.25, 0.3) is 0 Å². The van der Waals surface area contributed by atoms with Gasteiger partial charge in [0.25, 0.3) is 0 Å². The zero-order valence-electron chi connectivity index (χ0n) is 8.83. The number of ether oxygens (including phenoxy) is 1. The largest absolute Gasteiger partial charge is 0.388 e. The van der Waals surface area contributed by atoms with E-state index in [0.717, 1.165) is 19.4 Å². The van der Waals surface area contributed by atoms with Crippen molar-refractivity contribution in [2.75, 3.05) is 13.2 Å². The zero-order chi connectivity index (χ0) is 11.5. The van der Waals surface area contributed by atoms with Gasteiger partial charge in [-0.3, -0.25) is 0 Å². The summed E-state index contributed by atoms with van der Waals surface area (Å²) in [5.41, 5.74) is 0.699. The lowest BCUT2D eigenvalue weighted by Gasteiger charge is -2.27. The monoisotopic (exact) mass is 260 g/mol. The van der Waals surface area contributed by atoms with E-state index in [1.165, 1.54) is 0 Å². The molecule has 0 amide bonds. The van der Waals surface area contributed by atoms with E-state index in [9.17, 15) is 5.11 Å². The molecular weight excluding hydrogens is 247 g/mol. The highest BCUT2D eigenvalue weighted by molar-refractivity contribution is 6.33. The quantitative estimate of drug-likeness (QED) is 0.883. The summed E-state index contributed by atoms with van der Waals surface area (Å²) in [5.74, 6) is 0.115. The Morgan fingerprint density at radius 2 is 2.19 bits per heavy atom. The molecule has 0 bridgehead atoms. The molecule has 4 heteroatoms. The van der Waals surface area contributed by atoms with Gasteiger partial charge >= 0.3 is 0 Å². The van der Waals surface area contributed by atoms with Crippen molar-refractivity contribution in [2.24, 2.45) is 5.92 Å². The molecule has 1 aromatic rings. The molecule has 1 fully saturated rings. The van der Waals surface area contributed by atoms with Gasteiger partial charge < -0.3 is 9.84 Å². The number of aliphatic hydroxyl groups is 1. The Morgan fingerprint density at radius 3 is 2.88 bits per heavy atom. The van der Waals surface area contributed by atoms with E-state index < -0.39 is 6.10 Å². The summed E-state index contributed by atoms with van der Waals surface area (Å²) in [5, 5.41) is 11.4. The maximum atomic E-state index is 10.2. The average Bonchev–Trinajstić information content (AvgIpc) is 2.32. The Balaban J connectivity index is 2.18. The third kappa shape index (κ3) is 2.69. The van der Waals surface area contributed by atoms with Crippen LogP contribution in [0.15, 0.2) is 18.2 Å². The summed E-state index contributed by atoms with van der Waals surface area (Å²) in [6.45, 7) is 1.37. The zero-order valence-corrected chi connectivity index (χ0v) is 10.3. The highest BCUT2D eigenvalue weighted by Crippen LogP contribution is 2.34. The van der Waals surface area contributed by atoms with Crippen LogP contribution in [0.5, 0.6) is 0 Å². The second kappa shape index (κ2) is 5.37. The molecule has 2 rings (SSSR count). The van der Waals surface area contributed by atoms with Crippen LogP contribution < -0.4 is 0 Å². The molecule has 1 aliphatic rings. The maximum absolute atomic E-state index is 10.2. The standard InChI is InChI=1S/C12H14Cl2O2/c13-9-3-4-11(14)10(6-9)12(15)8-2-1-5-16-7-8/h3-4,6,8,12,15H,1-2,5,7H2. The molecule has 0 saturated carbocycles. The molecule has 1 aromatic carbocycles. The summed E-state index contributed by atoms with van der Waals surface area (Å²) in [6, 6.07) is 5.16. The van der Waals surface area contributed by atoms with E-state index in [4.69, 9.17) is 27.9 Å². The minimum Gasteiger partial charge on any atom is -0.388 e. The molecule has 16 heavy (non-hydrogen) atoms. The molecule has 2 unspecified atom stereocenters. The van der Waals surface area contributed by atoms with Crippen molar-refractivity contribution in [2.45, 2.75) is 18.9 Å². The first-order valence-electron chi connectivity index (χ1n) is 5.39. The SMILES string of the molecule is OC(c1cc(Cl)ccc1Cl)C1CCCOC1. The summed E-state index contributed by atoms with van der Waals surface area (Å²) < 4.78 is 5.36. The van der Waals surface area contributed by atoms with Crippen molar-refractivity contribution >= 4 is 23.2 Å². The van der Waals surface area contributed by atoms with Gasteiger partial charge in [-0.1, -0.05) is 23.2 Å². The van der Waals surface area contributed by atoms with Crippen molar-refractivity contribution in [1.82, 2.24) is 0 Å². The minimum atomic E-state index is -0.591. The van der Waals surface area contributed by atoms with Gasteiger partial charge in [-0.2, -0.15) is 0 Å². The van der Waals surface area contributed by atoms with Gasteiger partial charge in [-0.25, -0.2) is 0 Å². The van der Waals surface area contributed by atoms with Crippen molar-refractivity contribution in [3.63, 3.8) is 0 Å². The van der Waals surface area contributed by atoms with E-state index in [2.05, 4.69) is 0 Å². The van der Waals surface area contributed by atoms with Gasteiger partial charge in [0.1, 0.15) is 0 Å². The van der Waals surface area contributed by atoms with Crippen LogP contribution in [0.2, 0.25) is 10.0 Å². The second-order valence-electron chi connectivity index (χ2n) is 4.09. The van der Waals surface area contributed by atoms with Crippen LogP contribution >= 0.6 is 23.2 Å². The summed E-state index contributed by atoms with van der Waals surface area (Å²) in [4.78, 5) is 0. The van der Waals surface area contributed by atoms with Gasteiger partial charge in [-0.05, 0) is 31.0 Å². The van der Waals surface area contributed by atoms with Gasteiger partial charge in [0.2, 0.25) is 0 Å². The number of benzene rings is 1. The number of aliphatic hydroxyl groups excluding tert-OH is 1. The fourth-order valence-corrected chi connectivity index (χ4v) is 2.42. The number of hydrogen-bond donors (Lipinski definition) is 1. The van der Waals surface area contributed by atoms with E-state index in [0.29, 0.717) is 22.2 Å². The summed E-state index contributed by atoms with van der Waals surface area (Å²) >= 11 is 11.9. The minimum absolute atomic E-state index is 0.115. The fourth-order valence-electron chi connectivity index (χ4n) is 2.01. The van der Waals surface area contributed by atoms with Crippen molar-refractivity contribution in [3.05, 3.63) is 33.8 Å². The topological polar surface area (TPSA) is 29.5 Å². The first-order chi connectivity index (χ1) is 7.68. The Bertz CT molecular complexity index is 362. The van der Waals surface area contributed by atoms with Gasteiger partial charge in [0.15, 0.2) is 0 Å². The van der Waals surface area contributed by atoms with Crippen LogP contribution in [0.1, 0.15) is 24.5 Å². The lowest BCUT2D eigenvalue weighted by molar-refractivity contribution is -0.00992. The summed E-state index contributed by atoms with van der Waals surface area (Å²) in [7, 11) is 0. The summed E-state index contributed by atoms with van der Waals surface area (Å²) in [6.07, 6.45) is 1.36. The van der Waals surface area contributed by atoms with Crippen LogP contribution in [-0.2, 0) is 4.74 Å².